The van der Waals surface area contributed by atoms with E-state index in [9.17, 15) is 9.18 Å². The van der Waals surface area contributed by atoms with Crippen LogP contribution in [0.4, 0.5) is 4.39 Å². The van der Waals surface area contributed by atoms with Crippen molar-refractivity contribution in [3.63, 3.8) is 0 Å². The third-order valence-electron chi connectivity index (χ3n) is 5.99. The average molecular weight is 496 g/mol. The quantitative estimate of drug-likeness (QED) is 0.175. The zero-order valence-corrected chi connectivity index (χ0v) is 21.3. The number of hydrogen-bond acceptors (Lipinski definition) is 4. The van der Waals surface area contributed by atoms with Crippen molar-refractivity contribution in [1.29, 1.82) is 0 Å². The molecule has 0 saturated heterocycles. The molecule has 0 aliphatic heterocycles. The summed E-state index contributed by atoms with van der Waals surface area (Å²) in [5, 5.41) is 0. The molecule has 0 amide bonds. The van der Waals surface area contributed by atoms with Gasteiger partial charge in [0.25, 0.3) is 0 Å². The van der Waals surface area contributed by atoms with Gasteiger partial charge in [0.15, 0.2) is 5.78 Å². The summed E-state index contributed by atoms with van der Waals surface area (Å²) in [5.74, 6) is 0.191. The molecule has 0 fully saturated rings. The predicted molar refractivity (Wildman–Crippen MR) is 148 cm³/mol. The summed E-state index contributed by atoms with van der Waals surface area (Å²) in [6.45, 7) is 1.15. The number of allylic oxidation sites excluding steroid dienone is 1. The van der Waals surface area contributed by atoms with Gasteiger partial charge in [0.05, 0.1) is 12.7 Å². The highest BCUT2D eigenvalue weighted by molar-refractivity contribution is 6.09. The van der Waals surface area contributed by atoms with Crippen LogP contribution in [0.1, 0.15) is 15.9 Å². The molecule has 0 aliphatic rings. The van der Waals surface area contributed by atoms with Gasteiger partial charge in [-0.15, -0.1) is 0 Å². The van der Waals surface area contributed by atoms with Crippen LogP contribution < -0.4 is 9.47 Å². The topological polar surface area (TPSA) is 38.8 Å². The zero-order valence-electron chi connectivity index (χ0n) is 21.3. The summed E-state index contributed by atoms with van der Waals surface area (Å²) >= 11 is 0. The van der Waals surface area contributed by atoms with Crippen molar-refractivity contribution in [3.05, 3.63) is 114 Å². The van der Waals surface area contributed by atoms with Crippen molar-refractivity contribution in [2.24, 2.45) is 0 Å². The van der Waals surface area contributed by atoms with E-state index in [1.165, 1.54) is 25.3 Å². The number of benzene rings is 4. The van der Waals surface area contributed by atoms with Crippen LogP contribution in [0.25, 0.3) is 28.3 Å². The molecule has 0 heterocycles. The molecule has 37 heavy (non-hydrogen) atoms. The van der Waals surface area contributed by atoms with E-state index in [1.807, 2.05) is 67.5 Å². The second-order valence-corrected chi connectivity index (χ2v) is 8.89. The van der Waals surface area contributed by atoms with E-state index in [4.69, 9.17) is 9.47 Å². The maximum atomic E-state index is 14.4. The number of carbonyl (C=O) groups excluding carboxylic acids is 1. The van der Waals surface area contributed by atoms with E-state index >= 15 is 0 Å². The highest BCUT2D eigenvalue weighted by atomic mass is 19.1. The number of likely N-dealkylation sites (N-methyl/N-ethyl adjacent to an activating group) is 1. The van der Waals surface area contributed by atoms with Crippen LogP contribution in [-0.2, 0) is 0 Å². The third-order valence-corrected chi connectivity index (χ3v) is 5.99. The predicted octanol–water partition coefficient (Wildman–Crippen LogP) is 7.00. The number of ether oxygens (including phenoxy) is 2. The molecule has 4 aromatic rings. The van der Waals surface area contributed by atoms with Gasteiger partial charge >= 0.3 is 0 Å². The molecule has 4 nitrogen and oxygen atoms in total. The summed E-state index contributed by atoms with van der Waals surface area (Å²) in [6.07, 6.45) is 2.85. The number of hydrogen-bond donors (Lipinski definition) is 0. The monoisotopic (exact) mass is 495 g/mol. The van der Waals surface area contributed by atoms with Crippen LogP contribution in [-0.4, -0.2) is 45.0 Å². The molecule has 4 aromatic carbocycles. The van der Waals surface area contributed by atoms with Gasteiger partial charge in [-0.1, -0.05) is 60.7 Å². The fourth-order valence-corrected chi connectivity index (χ4v) is 3.88. The van der Waals surface area contributed by atoms with Crippen molar-refractivity contribution in [2.75, 3.05) is 34.4 Å². The lowest BCUT2D eigenvalue weighted by molar-refractivity contribution is 0.104. The van der Waals surface area contributed by atoms with Crippen molar-refractivity contribution in [1.82, 2.24) is 4.90 Å². The minimum Gasteiger partial charge on any atom is -0.497 e. The Labute approximate surface area is 217 Å². The Kier molecular flexibility index (Phi) is 8.49. The SMILES string of the molecule is COc1ccc(/C=C/C(=O)c2cc(-c3ccc(-c4ccccc4)cc3)ccc2OCCN(C)C)c(F)c1. The molecule has 0 N–H and O–H groups in total. The first-order valence-electron chi connectivity index (χ1n) is 12.1. The highest BCUT2D eigenvalue weighted by Gasteiger charge is 2.14. The summed E-state index contributed by atoms with van der Waals surface area (Å²) < 4.78 is 25.4. The van der Waals surface area contributed by atoms with Crippen LogP contribution in [0.2, 0.25) is 0 Å². The molecule has 0 unspecified atom stereocenters. The zero-order chi connectivity index (χ0) is 26.2. The van der Waals surface area contributed by atoms with Crippen LogP contribution in [0.5, 0.6) is 11.5 Å². The lowest BCUT2D eigenvalue weighted by Gasteiger charge is -2.14. The lowest BCUT2D eigenvalue weighted by atomic mass is 9.97. The molecule has 4 rings (SSSR count). The Balaban J connectivity index is 1.63. The summed E-state index contributed by atoms with van der Waals surface area (Å²) in [7, 11) is 5.40. The van der Waals surface area contributed by atoms with Gasteiger partial charge in [0, 0.05) is 18.2 Å². The minimum atomic E-state index is -0.460. The average Bonchev–Trinajstić information content (AvgIpc) is 2.92. The van der Waals surface area contributed by atoms with E-state index < -0.39 is 5.82 Å². The summed E-state index contributed by atoms with van der Waals surface area (Å²) in [5.41, 5.74) is 4.87. The summed E-state index contributed by atoms with van der Waals surface area (Å²) in [6, 6.07) is 28.5. The Morgan fingerprint density at radius 1 is 0.838 bits per heavy atom. The number of methoxy groups -OCH3 is 1. The van der Waals surface area contributed by atoms with E-state index in [-0.39, 0.29) is 5.78 Å². The van der Waals surface area contributed by atoms with E-state index in [0.29, 0.717) is 35.8 Å². The fourth-order valence-electron chi connectivity index (χ4n) is 3.88. The van der Waals surface area contributed by atoms with Crippen molar-refractivity contribution >= 4 is 11.9 Å². The smallest absolute Gasteiger partial charge is 0.189 e. The molecule has 5 heteroatoms. The maximum absolute atomic E-state index is 14.4. The van der Waals surface area contributed by atoms with Crippen LogP contribution in [0, 0.1) is 5.82 Å². The molecule has 188 valence electrons. The Morgan fingerprint density at radius 2 is 1.49 bits per heavy atom. The number of nitrogens with zero attached hydrogens (tertiary/aromatic N) is 1. The molecule has 0 aromatic heterocycles. The van der Waals surface area contributed by atoms with Crippen LogP contribution >= 0.6 is 0 Å². The first-order chi connectivity index (χ1) is 17.9. The molecule has 0 bridgehead atoms. The van der Waals surface area contributed by atoms with Gasteiger partial charge in [-0.05, 0) is 72.8 Å². The van der Waals surface area contributed by atoms with Gasteiger partial charge in [-0.2, -0.15) is 0 Å². The van der Waals surface area contributed by atoms with Gasteiger partial charge in [-0.3, -0.25) is 4.79 Å². The van der Waals surface area contributed by atoms with Crippen molar-refractivity contribution in [2.45, 2.75) is 0 Å². The Bertz CT molecular complexity index is 1380. The molecule has 0 radical (unpaired) electrons. The van der Waals surface area contributed by atoms with Crippen LogP contribution in [0.15, 0.2) is 97.1 Å². The third kappa shape index (κ3) is 6.72. The standard InChI is InChI=1S/C32H30FNO3/c1-34(2)19-20-37-32-18-15-27(25-11-9-24(10-12-25)23-7-5-4-6-8-23)21-29(32)31(35)17-14-26-13-16-28(36-3)22-30(26)33/h4-18,21-22H,19-20H2,1-3H3/b17-14+. The second-order valence-electron chi connectivity index (χ2n) is 8.89. The first-order valence-corrected chi connectivity index (χ1v) is 12.1. The number of halogens is 1. The largest absolute Gasteiger partial charge is 0.497 e. The van der Waals surface area contributed by atoms with Gasteiger partial charge in [-0.25, -0.2) is 4.39 Å². The number of rotatable bonds is 10. The van der Waals surface area contributed by atoms with Crippen molar-refractivity contribution in [3.8, 4) is 33.8 Å². The Hall–Kier alpha value is -4.22. The molecule has 0 atom stereocenters. The maximum Gasteiger partial charge on any atom is 0.189 e. The first kappa shape index (κ1) is 25.9. The van der Waals surface area contributed by atoms with Gasteiger partial charge in [0.2, 0.25) is 0 Å². The fraction of sp³-hybridized carbons (Fsp3) is 0.156. The molecule has 0 saturated carbocycles. The summed E-state index contributed by atoms with van der Waals surface area (Å²) in [4.78, 5) is 15.3. The van der Waals surface area contributed by atoms with Crippen LogP contribution in [0.3, 0.4) is 0 Å². The number of carbonyl (C=O) groups is 1. The van der Waals surface area contributed by atoms with Gasteiger partial charge < -0.3 is 14.4 Å². The van der Waals surface area contributed by atoms with Gasteiger partial charge in [0.1, 0.15) is 23.9 Å². The molecular weight excluding hydrogens is 465 g/mol. The molecule has 0 spiro atoms. The van der Waals surface area contributed by atoms with E-state index in [1.54, 1.807) is 12.1 Å². The normalized spacial score (nSPS) is 11.2. The lowest BCUT2D eigenvalue weighted by Crippen LogP contribution is -2.20. The minimum absolute atomic E-state index is 0.266. The van der Waals surface area contributed by atoms with Crippen molar-refractivity contribution < 1.29 is 18.7 Å². The van der Waals surface area contributed by atoms with E-state index in [0.717, 1.165) is 22.3 Å². The van der Waals surface area contributed by atoms with E-state index in [2.05, 4.69) is 24.3 Å². The highest BCUT2D eigenvalue weighted by Crippen LogP contribution is 2.30. The second kappa shape index (κ2) is 12.2. The number of ketones is 1. The molecule has 0 aliphatic carbocycles. The molecular formula is C32H30FNO3. The Morgan fingerprint density at radius 3 is 2.14 bits per heavy atom.